The van der Waals surface area contributed by atoms with Gasteiger partial charge in [-0.2, -0.15) is 0 Å². The van der Waals surface area contributed by atoms with E-state index in [0.29, 0.717) is 5.02 Å². The SMILES string of the molecule is CC(C)Oc1c2ccccc2c(OC(C)C)c2c(Cl)cccc12. The number of benzene rings is 3. The van der Waals surface area contributed by atoms with Crippen molar-refractivity contribution in [1.29, 1.82) is 0 Å². The monoisotopic (exact) mass is 328 g/mol. The summed E-state index contributed by atoms with van der Waals surface area (Å²) in [5.74, 6) is 1.69. The van der Waals surface area contributed by atoms with Crippen molar-refractivity contribution in [3.63, 3.8) is 0 Å². The van der Waals surface area contributed by atoms with Gasteiger partial charge in [-0.3, -0.25) is 0 Å². The average Bonchev–Trinajstić information content (AvgIpc) is 2.50. The third-order valence-electron chi connectivity index (χ3n) is 3.61. The van der Waals surface area contributed by atoms with Crippen LogP contribution in [-0.4, -0.2) is 12.2 Å². The smallest absolute Gasteiger partial charge is 0.137 e. The highest BCUT2D eigenvalue weighted by molar-refractivity contribution is 6.37. The molecule has 0 heterocycles. The fourth-order valence-electron chi connectivity index (χ4n) is 2.82. The summed E-state index contributed by atoms with van der Waals surface area (Å²) in [4.78, 5) is 0. The van der Waals surface area contributed by atoms with Gasteiger partial charge in [-0.25, -0.2) is 0 Å². The molecule has 3 rings (SSSR count). The summed E-state index contributed by atoms with van der Waals surface area (Å²) in [5.41, 5.74) is 0. The van der Waals surface area contributed by atoms with Gasteiger partial charge in [0.25, 0.3) is 0 Å². The summed E-state index contributed by atoms with van der Waals surface area (Å²) >= 11 is 6.52. The van der Waals surface area contributed by atoms with Crippen LogP contribution in [0.5, 0.6) is 11.5 Å². The van der Waals surface area contributed by atoms with Crippen molar-refractivity contribution in [2.45, 2.75) is 39.9 Å². The first kappa shape index (κ1) is 15.9. The van der Waals surface area contributed by atoms with Crippen LogP contribution in [0.2, 0.25) is 5.02 Å². The van der Waals surface area contributed by atoms with E-state index < -0.39 is 0 Å². The Morgan fingerprint density at radius 1 is 0.696 bits per heavy atom. The molecule has 0 saturated carbocycles. The molecule has 3 aromatic rings. The molecule has 0 saturated heterocycles. The minimum absolute atomic E-state index is 0.0646. The maximum atomic E-state index is 6.52. The topological polar surface area (TPSA) is 18.5 Å². The first-order chi connectivity index (χ1) is 11.0. The number of hydrogen-bond acceptors (Lipinski definition) is 2. The zero-order valence-electron chi connectivity index (χ0n) is 13.9. The van der Waals surface area contributed by atoms with E-state index >= 15 is 0 Å². The van der Waals surface area contributed by atoms with Gasteiger partial charge in [-0.1, -0.05) is 48.0 Å². The van der Waals surface area contributed by atoms with Crippen LogP contribution in [0.25, 0.3) is 21.5 Å². The van der Waals surface area contributed by atoms with E-state index in [2.05, 4.69) is 12.1 Å². The summed E-state index contributed by atoms with van der Waals surface area (Å²) in [5, 5.41) is 4.65. The second kappa shape index (κ2) is 6.29. The predicted molar refractivity (Wildman–Crippen MR) is 98.0 cm³/mol. The number of rotatable bonds is 4. The van der Waals surface area contributed by atoms with Crippen molar-refractivity contribution in [2.24, 2.45) is 0 Å². The second-order valence-corrected chi connectivity index (χ2v) is 6.61. The molecule has 0 N–H and O–H groups in total. The molecule has 0 aliphatic heterocycles. The molecule has 120 valence electrons. The Labute approximate surface area is 142 Å². The summed E-state index contributed by atoms with van der Waals surface area (Å²) < 4.78 is 12.3. The standard InChI is InChI=1S/C20H21ClO2/c1-12(2)22-19-14-8-5-6-9-15(14)20(23-13(3)4)18-16(19)10-7-11-17(18)21/h5-13H,1-4H3. The minimum Gasteiger partial charge on any atom is -0.490 e. The predicted octanol–water partition coefficient (Wildman–Crippen LogP) is 6.22. The van der Waals surface area contributed by atoms with Gasteiger partial charge in [0.2, 0.25) is 0 Å². The van der Waals surface area contributed by atoms with Crippen LogP contribution in [0, 0.1) is 0 Å². The highest BCUT2D eigenvalue weighted by atomic mass is 35.5. The van der Waals surface area contributed by atoms with Gasteiger partial charge in [0.15, 0.2) is 0 Å². The van der Waals surface area contributed by atoms with Crippen LogP contribution >= 0.6 is 11.6 Å². The molecule has 23 heavy (non-hydrogen) atoms. The van der Waals surface area contributed by atoms with Gasteiger partial charge in [-0.05, 0) is 33.8 Å². The Hall–Kier alpha value is -1.93. The summed E-state index contributed by atoms with van der Waals surface area (Å²) in [6, 6.07) is 14.0. The Morgan fingerprint density at radius 2 is 1.22 bits per heavy atom. The molecule has 0 bridgehead atoms. The minimum atomic E-state index is 0.0646. The zero-order valence-corrected chi connectivity index (χ0v) is 14.6. The number of halogens is 1. The third-order valence-corrected chi connectivity index (χ3v) is 3.92. The number of ether oxygens (including phenoxy) is 2. The van der Waals surface area contributed by atoms with Crippen molar-refractivity contribution in [1.82, 2.24) is 0 Å². The van der Waals surface area contributed by atoms with Gasteiger partial charge in [0, 0.05) is 21.5 Å². The third kappa shape index (κ3) is 2.96. The van der Waals surface area contributed by atoms with Crippen LogP contribution in [0.4, 0.5) is 0 Å². The van der Waals surface area contributed by atoms with Gasteiger partial charge in [-0.15, -0.1) is 0 Å². The molecular formula is C20H21ClO2. The Kier molecular flexibility index (Phi) is 4.36. The molecule has 3 aromatic carbocycles. The van der Waals surface area contributed by atoms with Gasteiger partial charge in [0.05, 0.1) is 17.2 Å². The first-order valence-electron chi connectivity index (χ1n) is 7.95. The zero-order chi connectivity index (χ0) is 16.6. The molecule has 0 aromatic heterocycles. The molecule has 2 nitrogen and oxygen atoms in total. The molecule has 0 aliphatic rings. The molecule has 3 heteroatoms. The lowest BCUT2D eigenvalue weighted by Gasteiger charge is -2.21. The Bertz CT molecular complexity index is 853. The van der Waals surface area contributed by atoms with Crippen LogP contribution in [0.15, 0.2) is 42.5 Å². The fraction of sp³-hybridized carbons (Fsp3) is 0.300. The summed E-state index contributed by atoms with van der Waals surface area (Å²) in [6.45, 7) is 8.11. The van der Waals surface area contributed by atoms with Gasteiger partial charge < -0.3 is 9.47 Å². The van der Waals surface area contributed by atoms with Crippen LogP contribution in [0.1, 0.15) is 27.7 Å². The molecule has 0 amide bonds. The van der Waals surface area contributed by atoms with E-state index in [0.717, 1.165) is 33.0 Å². The Balaban J connectivity index is 2.48. The Morgan fingerprint density at radius 3 is 1.83 bits per heavy atom. The van der Waals surface area contributed by atoms with E-state index in [4.69, 9.17) is 21.1 Å². The molecule has 0 radical (unpaired) electrons. The quantitative estimate of drug-likeness (QED) is 0.529. The molecule has 0 aliphatic carbocycles. The van der Waals surface area contributed by atoms with E-state index in [1.165, 1.54) is 0 Å². The van der Waals surface area contributed by atoms with Crippen molar-refractivity contribution in [2.75, 3.05) is 0 Å². The highest BCUT2D eigenvalue weighted by Gasteiger charge is 2.19. The highest BCUT2D eigenvalue weighted by Crippen LogP contribution is 2.45. The van der Waals surface area contributed by atoms with Crippen molar-refractivity contribution >= 4 is 33.1 Å². The van der Waals surface area contributed by atoms with Crippen LogP contribution in [-0.2, 0) is 0 Å². The van der Waals surface area contributed by atoms with Crippen LogP contribution < -0.4 is 9.47 Å². The summed E-state index contributed by atoms with van der Waals surface area (Å²) in [7, 11) is 0. The van der Waals surface area contributed by atoms with Gasteiger partial charge in [0.1, 0.15) is 11.5 Å². The van der Waals surface area contributed by atoms with E-state index in [-0.39, 0.29) is 12.2 Å². The number of fused-ring (bicyclic) bond motifs is 2. The van der Waals surface area contributed by atoms with Crippen molar-refractivity contribution < 1.29 is 9.47 Å². The van der Waals surface area contributed by atoms with Crippen molar-refractivity contribution in [3.05, 3.63) is 47.5 Å². The number of hydrogen-bond donors (Lipinski definition) is 0. The largest absolute Gasteiger partial charge is 0.490 e. The lowest BCUT2D eigenvalue weighted by atomic mass is 10.00. The maximum Gasteiger partial charge on any atom is 0.137 e. The molecule has 0 unspecified atom stereocenters. The van der Waals surface area contributed by atoms with Gasteiger partial charge >= 0.3 is 0 Å². The van der Waals surface area contributed by atoms with E-state index in [1.807, 2.05) is 58.0 Å². The lowest BCUT2D eigenvalue weighted by Crippen LogP contribution is -2.09. The van der Waals surface area contributed by atoms with E-state index in [1.54, 1.807) is 0 Å². The average molecular weight is 329 g/mol. The second-order valence-electron chi connectivity index (χ2n) is 6.20. The normalized spacial score (nSPS) is 11.6. The summed E-state index contributed by atoms with van der Waals surface area (Å²) in [6.07, 6.45) is 0.146. The fourth-order valence-corrected chi connectivity index (χ4v) is 3.08. The lowest BCUT2D eigenvalue weighted by molar-refractivity contribution is 0.244. The molecular weight excluding hydrogens is 308 g/mol. The first-order valence-corrected chi connectivity index (χ1v) is 8.33. The molecule has 0 fully saturated rings. The molecule has 0 spiro atoms. The van der Waals surface area contributed by atoms with E-state index in [9.17, 15) is 0 Å². The van der Waals surface area contributed by atoms with Crippen LogP contribution in [0.3, 0.4) is 0 Å². The maximum absolute atomic E-state index is 6.52. The van der Waals surface area contributed by atoms with Crippen molar-refractivity contribution in [3.8, 4) is 11.5 Å². The molecule has 0 atom stereocenters.